The van der Waals surface area contributed by atoms with Gasteiger partial charge in [0.05, 0.1) is 6.54 Å². The van der Waals surface area contributed by atoms with Crippen molar-refractivity contribution in [3.63, 3.8) is 0 Å². The molecule has 0 saturated heterocycles. The van der Waals surface area contributed by atoms with Crippen LogP contribution in [0.1, 0.15) is 30.4 Å². The molecule has 1 aromatic rings. The lowest BCUT2D eigenvalue weighted by Crippen LogP contribution is -2.40. The number of hydrogen-bond acceptors (Lipinski definition) is 2. The molecule has 0 fully saturated rings. The molecule has 4 nitrogen and oxygen atoms in total. The van der Waals surface area contributed by atoms with Crippen LogP contribution in [0.3, 0.4) is 0 Å². The molecule has 0 bridgehead atoms. The Hall–Kier alpha value is -1.76. The summed E-state index contributed by atoms with van der Waals surface area (Å²) in [6, 6.07) is 8.39. The molecule has 142 valence electrons. The average molecular weight is 358 g/mol. The molecule has 0 heterocycles. The van der Waals surface area contributed by atoms with Gasteiger partial charge in [-0.3, -0.25) is 9.89 Å². The van der Waals surface area contributed by atoms with Crippen molar-refractivity contribution >= 4 is 5.96 Å². The van der Waals surface area contributed by atoms with Gasteiger partial charge in [0.25, 0.3) is 0 Å². The number of nitrogens with one attached hydrogen (secondary N) is 2. The molecule has 0 saturated carbocycles. The smallest absolute Gasteiger partial charge is 0.356 e. The molecule has 0 aromatic heterocycles. The van der Waals surface area contributed by atoms with Crippen molar-refractivity contribution < 1.29 is 13.2 Å². The van der Waals surface area contributed by atoms with Crippen LogP contribution < -0.4 is 10.6 Å². The van der Waals surface area contributed by atoms with E-state index < -0.39 is 12.7 Å². The Morgan fingerprint density at radius 1 is 1.28 bits per heavy atom. The highest BCUT2D eigenvalue weighted by Crippen LogP contribution is 2.16. The van der Waals surface area contributed by atoms with Gasteiger partial charge in [-0.1, -0.05) is 36.8 Å². The summed E-state index contributed by atoms with van der Waals surface area (Å²) in [6.45, 7) is 5.01. The second-order valence-corrected chi connectivity index (χ2v) is 6.40. The Labute approximate surface area is 148 Å². The topological polar surface area (TPSA) is 39.7 Å². The SMILES string of the molecule is CN=C(NCCCN(C)CC(F)(F)F)NCC(C)c1cccc(C)c1. The van der Waals surface area contributed by atoms with Crippen LogP contribution in [-0.2, 0) is 0 Å². The largest absolute Gasteiger partial charge is 0.401 e. The van der Waals surface area contributed by atoms with Crippen molar-refractivity contribution in [1.82, 2.24) is 15.5 Å². The van der Waals surface area contributed by atoms with Crippen molar-refractivity contribution in [2.24, 2.45) is 4.99 Å². The number of aliphatic imine (C=N–C) groups is 1. The first-order valence-corrected chi connectivity index (χ1v) is 8.47. The maximum Gasteiger partial charge on any atom is 0.401 e. The third kappa shape index (κ3) is 9.34. The zero-order chi connectivity index (χ0) is 18.9. The van der Waals surface area contributed by atoms with Gasteiger partial charge >= 0.3 is 6.18 Å². The number of nitrogens with zero attached hydrogens (tertiary/aromatic N) is 2. The fourth-order valence-corrected chi connectivity index (χ4v) is 2.51. The lowest BCUT2D eigenvalue weighted by atomic mass is 9.99. The Balaban J connectivity index is 2.29. The zero-order valence-electron chi connectivity index (χ0n) is 15.5. The summed E-state index contributed by atoms with van der Waals surface area (Å²) in [7, 11) is 3.16. The molecule has 0 aliphatic rings. The van der Waals surface area contributed by atoms with Gasteiger partial charge < -0.3 is 10.6 Å². The van der Waals surface area contributed by atoms with Crippen LogP contribution in [0.4, 0.5) is 13.2 Å². The Morgan fingerprint density at radius 2 is 2.00 bits per heavy atom. The lowest BCUT2D eigenvalue weighted by molar-refractivity contribution is -0.143. The normalized spacial score (nSPS) is 13.8. The molecular formula is C18H29F3N4. The summed E-state index contributed by atoms with van der Waals surface area (Å²) in [4.78, 5) is 5.42. The first kappa shape index (κ1) is 21.3. The molecule has 0 amide bonds. The molecule has 0 aliphatic carbocycles. The second kappa shape index (κ2) is 10.3. The van der Waals surface area contributed by atoms with E-state index in [0.29, 0.717) is 31.4 Å². The van der Waals surface area contributed by atoms with Crippen LogP contribution in [0.15, 0.2) is 29.3 Å². The van der Waals surface area contributed by atoms with Gasteiger partial charge in [-0.25, -0.2) is 0 Å². The maximum atomic E-state index is 12.3. The van der Waals surface area contributed by atoms with Crippen molar-refractivity contribution in [2.75, 3.05) is 40.3 Å². The van der Waals surface area contributed by atoms with Crippen LogP contribution in [0.2, 0.25) is 0 Å². The molecule has 25 heavy (non-hydrogen) atoms. The standard InChI is InChI=1S/C18H29F3N4/c1-14-7-5-8-16(11-14)15(2)12-24-17(22-3)23-9-6-10-25(4)13-18(19,20)21/h5,7-8,11,15H,6,9-10,12-13H2,1-4H3,(H2,22,23,24). The molecule has 1 aromatic carbocycles. The van der Waals surface area contributed by atoms with E-state index in [9.17, 15) is 13.2 Å². The van der Waals surface area contributed by atoms with Crippen LogP contribution in [0, 0.1) is 6.92 Å². The van der Waals surface area contributed by atoms with E-state index in [0.717, 1.165) is 6.54 Å². The van der Waals surface area contributed by atoms with Gasteiger partial charge in [-0.15, -0.1) is 0 Å². The highest BCUT2D eigenvalue weighted by molar-refractivity contribution is 5.79. The number of benzene rings is 1. The van der Waals surface area contributed by atoms with Crippen molar-refractivity contribution in [3.8, 4) is 0 Å². The Kier molecular flexibility index (Phi) is 8.75. The third-order valence-corrected chi connectivity index (χ3v) is 3.87. The van der Waals surface area contributed by atoms with Crippen LogP contribution in [0.5, 0.6) is 0 Å². The number of halogens is 3. The number of alkyl halides is 3. The molecule has 2 N–H and O–H groups in total. The maximum absolute atomic E-state index is 12.3. The van der Waals surface area contributed by atoms with Crippen molar-refractivity contribution in [2.45, 2.75) is 32.4 Å². The van der Waals surface area contributed by atoms with E-state index in [2.05, 4.69) is 47.7 Å². The summed E-state index contributed by atoms with van der Waals surface area (Å²) in [5.41, 5.74) is 2.49. The van der Waals surface area contributed by atoms with E-state index in [1.54, 1.807) is 7.05 Å². The number of aryl methyl sites for hydroxylation is 1. The van der Waals surface area contributed by atoms with Crippen LogP contribution >= 0.6 is 0 Å². The van der Waals surface area contributed by atoms with Gasteiger partial charge in [0.2, 0.25) is 0 Å². The summed E-state index contributed by atoms with van der Waals surface area (Å²) >= 11 is 0. The fourth-order valence-electron chi connectivity index (χ4n) is 2.51. The number of guanidine groups is 1. The first-order valence-electron chi connectivity index (χ1n) is 8.47. The van der Waals surface area contributed by atoms with Crippen LogP contribution in [0.25, 0.3) is 0 Å². The van der Waals surface area contributed by atoms with Gasteiger partial charge in [-0.05, 0) is 38.4 Å². The molecular weight excluding hydrogens is 329 g/mol. The molecule has 7 heteroatoms. The summed E-state index contributed by atoms with van der Waals surface area (Å²) < 4.78 is 36.8. The van der Waals surface area contributed by atoms with Gasteiger partial charge in [0.15, 0.2) is 5.96 Å². The first-order chi connectivity index (χ1) is 11.7. The molecule has 0 aliphatic heterocycles. The van der Waals surface area contributed by atoms with Gasteiger partial charge in [0.1, 0.15) is 0 Å². The fraction of sp³-hybridized carbons (Fsp3) is 0.611. The number of hydrogen-bond donors (Lipinski definition) is 2. The molecule has 0 spiro atoms. The van der Waals surface area contributed by atoms with Crippen molar-refractivity contribution in [1.29, 1.82) is 0 Å². The molecule has 1 unspecified atom stereocenters. The minimum atomic E-state index is -4.15. The molecule has 1 atom stereocenters. The quantitative estimate of drug-likeness (QED) is 0.426. The third-order valence-electron chi connectivity index (χ3n) is 3.87. The monoisotopic (exact) mass is 358 g/mol. The van der Waals surface area contributed by atoms with Crippen molar-refractivity contribution in [3.05, 3.63) is 35.4 Å². The van der Waals surface area contributed by atoms with E-state index in [1.165, 1.54) is 23.1 Å². The minimum absolute atomic E-state index is 0.330. The molecule has 0 radical (unpaired) electrons. The Bertz CT molecular complexity index is 543. The van der Waals surface area contributed by atoms with E-state index in [4.69, 9.17) is 0 Å². The lowest BCUT2D eigenvalue weighted by Gasteiger charge is -2.19. The van der Waals surface area contributed by atoms with Gasteiger partial charge in [0, 0.05) is 20.1 Å². The summed E-state index contributed by atoms with van der Waals surface area (Å²) in [5, 5.41) is 6.40. The number of rotatable bonds is 8. The second-order valence-electron chi connectivity index (χ2n) is 6.40. The highest BCUT2D eigenvalue weighted by atomic mass is 19.4. The van der Waals surface area contributed by atoms with Crippen LogP contribution in [-0.4, -0.2) is 57.3 Å². The predicted octanol–water partition coefficient (Wildman–Crippen LogP) is 3.15. The summed E-state index contributed by atoms with van der Waals surface area (Å²) in [5.74, 6) is 0.995. The zero-order valence-corrected chi connectivity index (χ0v) is 15.5. The minimum Gasteiger partial charge on any atom is -0.356 e. The summed E-state index contributed by atoms with van der Waals surface area (Å²) in [6.07, 6.45) is -3.54. The predicted molar refractivity (Wildman–Crippen MR) is 97.1 cm³/mol. The van der Waals surface area contributed by atoms with Gasteiger partial charge in [-0.2, -0.15) is 13.2 Å². The highest BCUT2D eigenvalue weighted by Gasteiger charge is 2.28. The van der Waals surface area contributed by atoms with E-state index in [1.807, 2.05) is 6.07 Å². The molecule has 1 rings (SSSR count). The van der Waals surface area contributed by atoms with E-state index >= 15 is 0 Å². The average Bonchev–Trinajstić information content (AvgIpc) is 2.52. The Morgan fingerprint density at radius 3 is 2.60 bits per heavy atom. The van der Waals surface area contributed by atoms with E-state index in [-0.39, 0.29) is 0 Å².